The minimum atomic E-state index is 0.986. The quantitative estimate of drug-likeness (QED) is 0.694. The second-order valence-electron chi connectivity index (χ2n) is 7.54. The molecule has 1 aliphatic heterocycles. The van der Waals surface area contributed by atoms with E-state index in [9.17, 15) is 0 Å². The molecule has 0 amide bonds. The molecule has 1 fully saturated rings. The van der Waals surface area contributed by atoms with Crippen LogP contribution in [0.2, 0.25) is 0 Å². The Labute approximate surface area is 161 Å². The fraction of sp³-hybridized carbons (Fsp3) is 0.455. The topological polar surface area (TPSA) is 37.2 Å². The summed E-state index contributed by atoms with van der Waals surface area (Å²) in [5.74, 6) is 0. The number of aryl methyl sites for hydroxylation is 2. The second kappa shape index (κ2) is 8.09. The molecule has 0 atom stereocenters. The highest BCUT2D eigenvalue weighted by Crippen LogP contribution is 2.28. The summed E-state index contributed by atoms with van der Waals surface area (Å²) in [5.41, 5.74) is 4.98. The van der Waals surface area contributed by atoms with Gasteiger partial charge in [-0.05, 0) is 25.0 Å². The van der Waals surface area contributed by atoms with Gasteiger partial charge in [0.1, 0.15) is 0 Å². The summed E-state index contributed by atoms with van der Waals surface area (Å²) in [6.07, 6.45) is 7.45. The van der Waals surface area contributed by atoms with Crippen molar-refractivity contribution in [1.29, 1.82) is 0 Å². The standard InChI is InChI=1S/C22H29N5/c1-3-7-19-14-22(20-8-4-5-9-21(20)24-19)27-11-6-10-26(12-13-27)17-18-15-23-25(2)16-18/h4-5,8-9,14-16H,3,6-7,10-13,17H2,1-2H3. The Morgan fingerprint density at radius 3 is 2.78 bits per heavy atom. The molecule has 0 radical (unpaired) electrons. The lowest BCUT2D eigenvalue weighted by atomic mass is 10.1. The molecule has 0 unspecified atom stereocenters. The fourth-order valence-corrected chi connectivity index (χ4v) is 4.04. The number of hydrogen-bond donors (Lipinski definition) is 0. The zero-order chi connectivity index (χ0) is 18.6. The van der Waals surface area contributed by atoms with Crippen LogP contribution < -0.4 is 4.90 Å². The predicted octanol–water partition coefficient (Wildman–Crippen LogP) is 3.63. The SMILES string of the molecule is CCCc1cc(N2CCCN(Cc3cnn(C)c3)CC2)c2ccccc2n1. The number of nitrogens with zero attached hydrogens (tertiary/aromatic N) is 5. The molecule has 142 valence electrons. The van der Waals surface area contributed by atoms with Crippen molar-refractivity contribution in [3.63, 3.8) is 0 Å². The first-order valence-electron chi connectivity index (χ1n) is 10.1. The summed E-state index contributed by atoms with van der Waals surface area (Å²) in [7, 11) is 1.98. The van der Waals surface area contributed by atoms with Gasteiger partial charge in [0.05, 0.1) is 11.7 Å². The Bertz CT molecular complexity index is 901. The van der Waals surface area contributed by atoms with Gasteiger partial charge in [-0.3, -0.25) is 14.6 Å². The third kappa shape index (κ3) is 4.14. The number of para-hydroxylation sites is 1. The number of aromatic nitrogens is 3. The van der Waals surface area contributed by atoms with E-state index < -0.39 is 0 Å². The normalized spacial score (nSPS) is 16.0. The number of hydrogen-bond acceptors (Lipinski definition) is 4. The molecule has 1 saturated heterocycles. The largest absolute Gasteiger partial charge is 0.370 e. The van der Waals surface area contributed by atoms with Gasteiger partial charge >= 0.3 is 0 Å². The minimum Gasteiger partial charge on any atom is -0.370 e. The first kappa shape index (κ1) is 18.0. The monoisotopic (exact) mass is 363 g/mol. The minimum absolute atomic E-state index is 0.986. The van der Waals surface area contributed by atoms with Gasteiger partial charge in [0.2, 0.25) is 0 Å². The zero-order valence-corrected chi connectivity index (χ0v) is 16.4. The molecule has 4 rings (SSSR count). The first-order chi connectivity index (χ1) is 13.2. The lowest BCUT2D eigenvalue weighted by Crippen LogP contribution is -2.30. The Hall–Kier alpha value is -2.40. The molecule has 5 heteroatoms. The number of fused-ring (bicyclic) bond motifs is 1. The number of anilines is 1. The number of pyridine rings is 1. The summed E-state index contributed by atoms with van der Waals surface area (Å²) >= 11 is 0. The number of benzene rings is 1. The third-order valence-electron chi connectivity index (χ3n) is 5.35. The molecule has 5 nitrogen and oxygen atoms in total. The van der Waals surface area contributed by atoms with Crippen LogP contribution in [-0.4, -0.2) is 45.8 Å². The van der Waals surface area contributed by atoms with E-state index in [-0.39, 0.29) is 0 Å². The summed E-state index contributed by atoms with van der Waals surface area (Å²) in [5, 5.41) is 5.58. The van der Waals surface area contributed by atoms with Gasteiger partial charge in [-0.1, -0.05) is 31.5 Å². The van der Waals surface area contributed by atoms with Crippen LogP contribution in [0.25, 0.3) is 10.9 Å². The molecular weight excluding hydrogens is 334 g/mol. The van der Waals surface area contributed by atoms with E-state index in [4.69, 9.17) is 4.98 Å². The van der Waals surface area contributed by atoms with Crippen LogP contribution in [0, 0.1) is 0 Å². The highest BCUT2D eigenvalue weighted by atomic mass is 15.3. The molecule has 3 heterocycles. The van der Waals surface area contributed by atoms with Gasteiger partial charge in [-0.15, -0.1) is 0 Å². The average Bonchev–Trinajstić information content (AvgIpc) is 2.94. The third-order valence-corrected chi connectivity index (χ3v) is 5.35. The lowest BCUT2D eigenvalue weighted by Gasteiger charge is -2.25. The van der Waals surface area contributed by atoms with Crippen LogP contribution in [0.15, 0.2) is 42.7 Å². The van der Waals surface area contributed by atoms with Crippen molar-refractivity contribution < 1.29 is 0 Å². The summed E-state index contributed by atoms with van der Waals surface area (Å²) in [6.45, 7) is 7.58. The van der Waals surface area contributed by atoms with Crippen LogP contribution in [0.3, 0.4) is 0 Å². The van der Waals surface area contributed by atoms with Crippen molar-refractivity contribution in [2.24, 2.45) is 7.05 Å². The molecule has 0 N–H and O–H groups in total. The molecule has 0 bridgehead atoms. The Kier molecular flexibility index (Phi) is 5.39. The van der Waals surface area contributed by atoms with Crippen LogP contribution >= 0.6 is 0 Å². The summed E-state index contributed by atoms with van der Waals surface area (Å²) in [6, 6.07) is 10.9. The zero-order valence-electron chi connectivity index (χ0n) is 16.4. The maximum absolute atomic E-state index is 4.87. The molecule has 27 heavy (non-hydrogen) atoms. The molecule has 1 aromatic carbocycles. The molecule has 0 saturated carbocycles. The van der Waals surface area contributed by atoms with Crippen molar-refractivity contribution in [2.45, 2.75) is 32.7 Å². The Balaban J connectivity index is 1.54. The Morgan fingerprint density at radius 1 is 1.07 bits per heavy atom. The van der Waals surface area contributed by atoms with Crippen LogP contribution in [0.5, 0.6) is 0 Å². The lowest BCUT2D eigenvalue weighted by molar-refractivity contribution is 0.285. The van der Waals surface area contributed by atoms with Gasteiger partial charge in [-0.2, -0.15) is 5.10 Å². The van der Waals surface area contributed by atoms with Gasteiger partial charge in [0.25, 0.3) is 0 Å². The van der Waals surface area contributed by atoms with E-state index in [1.54, 1.807) is 0 Å². The maximum Gasteiger partial charge on any atom is 0.0726 e. The average molecular weight is 364 g/mol. The smallest absolute Gasteiger partial charge is 0.0726 e. The van der Waals surface area contributed by atoms with E-state index in [0.29, 0.717) is 0 Å². The van der Waals surface area contributed by atoms with Crippen molar-refractivity contribution in [3.05, 3.63) is 54.0 Å². The van der Waals surface area contributed by atoms with E-state index in [1.807, 2.05) is 17.9 Å². The van der Waals surface area contributed by atoms with Crippen LogP contribution in [-0.2, 0) is 20.0 Å². The predicted molar refractivity (Wildman–Crippen MR) is 111 cm³/mol. The molecule has 2 aromatic heterocycles. The van der Waals surface area contributed by atoms with E-state index >= 15 is 0 Å². The highest BCUT2D eigenvalue weighted by Gasteiger charge is 2.18. The van der Waals surface area contributed by atoms with Crippen molar-refractivity contribution in [2.75, 3.05) is 31.1 Å². The first-order valence-corrected chi connectivity index (χ1v) is 10.1. The van der Waals surface area contributed by atoms with Gasteiger partial charge in [-0.25, -0.2) is 0 Å². The highest BCUT2D eigenvalue weighted by molar-refractivity contribution is 5.92. The molecule has 1 aliphatic rings. The maximum atomic E-state index is 4.87. The molecular formula is C22H29N5. The summed E-state index contributed by atoms with van der Waals surface area (Å²) in [4.78, 5) is 9.98. The van der Waals surface area contributed by atoms with E-state index in [0.717, 1.165) is 51.1 Å². The molecule has 3 aromatic rings. The van der Waals surface area contributed by atoms with Gasteiger partial charge < -0.3 is 4.90 Å². The van der Waals surface area contributed by atoms with Crippen molar-refractivity contribution in [3.8, 4) is 0 Å². The summed E-state index contributed by atoms with van der Waals surface area (Å²) < 4.78 is 1.89. The van der Waals surface area contributed by atoms with E-state index in [2.05, 4.69) is 58.4 Å². The molecule has 0 aliphatic carbocycles. The van der Waals surface area contributed by atoms with Crippen LogP contribution in [0.4, 0.5) is 5.69 Å². The fourth-order valence-electron chi connectivity index (χ4n) is 4.04. The Morgan fingerprint density at radius 2 is 1.96 bits per heavy atom. The van der Waals surface area contributed by atoms with Crippen molar-refractivity contribution >= 4 is 16.6 Å². The van der Waals surface area contributed by atoms with Crippen molar-refractivity contribution in [1.82, 2.24) is 19.7 Å². The molecule has 0 spiro atoms. The van der Waals surface area contributed by atoms with Gasteiger partial charge in [0, 0.05) is 68.3 Å². The van der Waals surface area contributed by atoms with E-state index in [1.165, 1.54) is 28.8 Å². The second-order valence-corrected chi connectivity index (χ2v) is 7.54. The van der Waals surface area contributed by atoms with Crippen LogP contribution in [0.1, 0.15) is 31.0 Å². The van der Waals surface area contributed by atoms with Gasteiger partial charge in [0.15, 0.2) is 0 Å². The number of rotatable bonds is 5.